The van der Waals surface area contributed by atoms with Gasteiger partial charge in [-0.15, -0.1) is 24.0 Å². The van der Waals surface area contributed by atoms with Crippen molar-refractivity contribution in [3.05, 3.63) is 42.1 Å². The SMILES string of the molecule is CN=C(NCc1ncc(C(C)(C)C)o1)NCC1CCN(c2ccccc2OC)C1.I. The van der Waals surface area contributed by atoms with Gasteiger partial charge in [0.15, 0.2) is 5.96 Å². The topological polar surface area (TPSA) is 74.9 Å². The maximum absolute atomic E-state index is 5.83. The van der Waals surface area contributed by atoms with Crippen molar-refractivity contribution >= 4 is 35.6 Å². The van der Waals surface area contributed by atoms with Crippen molar-refractivity contribution in [3.8, 4) is 5.75 Å². The Hall–Kier alpha value is -1.97. The van der Waals surface area contributed by atoms with Crippen LogP contribution in [0.15, 0.2) is 39.9 Å². The van der Waals surface area contributed by atoms with E-state index < -0.39 is 0 Å². The molecule has 30 heavy (non-hydrogen) atoms. The fourth-order valence-corrected chi connectivity index (χ4v) is 3.47. The van der Waals surface area contributed by atoms with E-state index in [4.69, 9.17) is 9.15 Å². The molecule has 0 radical (unpaired) electrons. The molecule has 0 amide bonds. The van der Waals surface area contributed by atoms with E-state index >= 15 is 0 Å². The number of benzene rings is 1. The Morgan fingerprint density at radius 1 is 1.30 bits per heavy atom. The summed E-state index contributed by atoms with van der Waals surface area (Å²) in [5, 5.41) is 6.72. The Morgan fingerprint density at radius 3 is 2.73 bits per heavy atom. The second kappa shape index (κ2) is 10.9. The van der Waals surface area contributed by atoms with Gasteiger partial charge >= 0.3 is 0 Å². The minimum atomic E-state index is -0.0407. The van der Waals surface area contributed by atoms with Crippen LogP contribution in [-0.2, 0) is 12.0 Å². The van der Waals surface area contributed by atoms with Crippen LogP contribution in [0.4, 0.5) is 5.69 Å². The molecule has 7 nitrogen and oxygen atoms in total. The Bertz CT molecular complexity index is 831. The molecule has 1 atom stereocenters. The first-order chi connectivity index (χ1) is 13.9. The molecule has 1 aromatic heterocycles. The Kier molecular flexibility index (Phi) is 8.81. The molecule has 2 N–H and O–H groups in total. The highest BCUT2D eigenvalue weighted by Gasteiger charge is 2.24. The van der Waals surface area contributed by atoms with E-state index in [1.54, 1.807) is 20.4 Å². The Morgan fingerprint density at radius 2 is 2.07 bits per heavy atom. The lowest BCUT2D eigenvalue weighted by molar-refractivity contribution is 0.379. The molecule has 1 saturated heterocycles. The van der Waals surface area contributed by atoms with Crippen LogP contribution < -0.4 is 20.3 Å². The van der Waals surface area contributed by atoms with Gasteiger partial charge in [-0.3, -0.25) is 4.99 Å². The number of aliphatic imine (C=N–C) groups is 1. The van der Waals surface area contributed by atoms with E-state index in [0.29, 0.717) is 18.4 Å². The normalized spacial score (nSPS) is 16.9. The number of guanidine groups is 1. The molecule has 2 heterocycles. The summed E-state index contributed by atoms with van der Waals surface area (Å²) < 4.78 is 11.3. The minimum Gasteiger partial charge on any atom is -0.495 e. The molecule has 1 aliphatic heterocycles. The zero-order valence-corrected chi connectivity index (χ0v) is 20.9. The highest BCUT2D eigenvalue weighted by Crippen LogP contribution is 2.31. The number of aromatic nitrogens is 1. The number of anilines is 1. The molecular formula is C22H34IN5O2. The molecule has 2 aromatic rings. The highest BCUT2D eigenvalue weighted by atomic mass is 127. The molecule has 1 fully saturated rings. The standard InChI is InChI=1S/C22H33N5O2.HI/c1-22(2,3)19-13-24-20(29-19)14-26-21(23-4)25-12-16-10-11-27(15-16)17-8-6-7-9-18(17)28-5;/h6-9,13,16H,10-12,14-15H2,1-5H3,(H2,23,25,26);1H. The van der Waals surface area contributed by atoms with Gasteiger partial charge in [-0.05, 0) is 24.5 Å². The lowest BCUT2D eigenvalue weighted by Crippen LogP contribution is -2.40. The molecule has 166 valence electrons. The van der Waals surface area contributed by atoms with Gasteiger partial charge in [0, 0.05) is 32.1 Å². The van der Waals surface area contributed by atoms with Gasteiger partial charge in [-0.25, -0.2) is 4.98 Å². The molecule has 0 bridgehead atoms. The number of hydrogen-bond acceptors (Lipinski definition) is 5. The molecule has 0 spiro atoms. The number of para-hydroxylation sites is 2. The van der Waals surface area contributed by atoms with Gasteiger partial charge in [-0.1, -0.05) is 32.9 Å². The molecule has 0 aliphatic carbocycles. The van der Waals surface area contributed by atoms with Crippen molar-refractivity contribution in [1.82, 2.24) is 15.6 Å². The van der Waals surface area contributed by atoms with Crippen LogP contribution in [0, 0.1) is 5.92 Å². The number of nitrogens with one attached hydrogen (secondary N) is 2. The maximum Gasteiger partial charge on any atom is 0.213 e. The third-order valence-electron chi connectivity index (χ3n) is 5.19. The van der Waals surface area contributed by atoms with Crippen LogP contribution >= 0.6 is 24.0 Å². The van der Waals surface area contributed by atoms with E-state index in [1.165, 1.54) is 5.69 Å². The highest BCUT2D eigenvalue weighted by molar-refractivity contribution is 14.0. The Labute approximate surface area is 196 Å². The van der Waals surface area contributed by atoms with Crippen molar-refractivity contribution < 1.29 is 9.15 Å². The van der Waals surface area contributed by atoms with Gasteiger partial charge in [0.25, 0.3) is 0 Å². The lowest BCUT2D eigenvalue weighted by atomic mass is 9.94. The largest absolute Gasteiger partial charge is 0.495 e. The number of oxazole rings is 1. The quantitative estimate of drug-likeness (QED) is 0.339. The van der Waals surface area contributed by atoms with E-state index in [1.807, 2.05) is 12.1 Å². The molecule has 1 aliphatic rings. The van der Waals surface area contributed by atoms with Crippen LogP contribution in [0.3, 0.4) is 0 Å². The van der Waals surface area contributed by atoms with Crippen LogP contribution in [0.2, 0.25) is 0 Å². The lowest BCUT2D eigenvalue weighted by Gasteiger charge is -2.21. The van der Waals surface area contributed by atoms with E-state index in [9.17, 15) is 0 Å². The average molecular weight is 527 g/mol. The van der Waals surface area contributed by atoms with Crippen molar-refractivity contribution in [2.75, 3.05) is 38.7 Å². The fraction of sp³-hybridized carbons (Fsp3) is 0.545. The summed E-state index contributed by atoms with van der Waals surface area (Å²) in [4.78, 5) is 11.1. The average Bonchev–Trinajstić information content (AvgIpc) is 3.37. The zero-order valence-electron chi connectivity index (χ0n) is 18.6. The second-order valence-electron chi connectivity index (χ2n) is 8.45. The maximum atomic E-state index is 5.83. The summed E-state index contributed by atoms with van der Waals surface area (Å²) in [6.45, 7) is 9.74. The summed E-state index contributed by atoms with van der Waals surface area (Å²) in [7, 11) is 3.50. The summed E-state index contributed by atoms with van der Waals surface area (Å²) in [5.74, 6) is 3.80. The molecule has 1 aromatic carbocycles. The van der Waals surface area contributed by atoms with E-state index in [0.717, 1.165) is 43.5 Å². The molecule has 8 heteroatoms. The monoisotopic (exact) mass is 527 g/mol. The molecule has 1 unspecified atom stereocenters. The smallest absolute Gasteiger partial charge is 0.213 e. The van der Waals surface area contributed by atoms with E-state index in [2.05, 4.69) is 58.4 Å². The van der Waals surface area contributed by atoms with Crippen LogP contribution in [0.1, 0.15) is 38.8 Å². The first kappa shape index (κ1) is 24.3. The number of methoxy groups -OCH3 is 1. The van der Waals surface area contributed by atoms with Crippen LogP contribution in [0.25, 0.3) is 0 Å². The Balaban J connectivity index is 0.00000320. The van der Waals surface area contributed by atoms with Crippen LogP contribution in [-0.4, -0.2) is 44.7 Å². The van der Waals surface area contributed by atoms with E-state index in [-0.39, 0.29) is 29.4 Å². The van der Waals surface area contributed by atoms with Crippen molar-refractivity contribution in [1.29, 1.82) is 0 Å². The minimum absolute atomic E-state index is 0. The molecular weight excluding hydrogens is 493 g/mol. The van der Waals surface area contributed by atoms with Gasteiger partial charge in [-0.2, -0.15) is 0 Å². The third kappa shape index (κ3) is 6.26. The number of halogens is 1. The predicted molar refractivity (Wildman–Crippen MR) is 132 cm³/mol. The summed E-state index contributed by atoms with van der Waals surface area (Å²) in [6.07, 6.45) is 2.94. The zero-order chi connectivity index (χ0) is 20.9. The number of hydrogen-bond donors (Lipinski definition) is 2. The predicted octanol–water partition coefficient (Wildman–Crippen LogP) is 3.79. The molecule has 0 saturated carbocycles. The number of ether oxygens (including phenoxy) is 1. The van der Waals surface area contributed by atoms with Gasteiger partial charge in [0.2, 0.25) is 5.89 Å². The fourth-order valence-electron chi connectivity index (χ4n) is 3.47. The molecule has 3 rings (SSSR count). The van der Waals surface area contributed by atoms with Crippen molar-refractivity contribution in [3.63, 3.8) is 0 Å². The van der Waals surface area contributed by atoms with Gasteiger partial charge in [0.05, 0.1) is 25.5 Å². The number of nitrogens with zero attached hydrogens (tertiary/aromatic N) is 3. The first-order valence-electron chi connectivity index (χ1n) is 10.2. The van der Waals surface area contributed by atoms with Crippen molar-refractivity contribution in [2.45, 2.75) is 39.2 Å². The van der Waals surface area contributed by atoms with Gasteiger partial charge < -0.3 is 24.7 Å². The van der Waals surface area contributed by atoms with Gasteiger partial charge in [0.1, 0.15) is 11.5 Å². The number of rotatable bonds is 6. The van der Waals surface area contributed by atoms with Crippen LogP contribution in [0.5, 0.6) is 5.75 Å². The summed E-state index contributed by atoms with van der Waals surface area (Å²) >= 11 is 0. The summed E-state index contributed by atoms with van der Waals surface area (Å²) in [5.41, 5.74) is 1.12. The van der Waals surface area contributed by atoms with Crippen molar-refractivity contribution in [2.24, 2.45) is 10.9 Å². The third-order valence-corrected chi connectivity index (χ3v) is 5.19. The first-order valence-corrected chi connectivity index (χ1v) is 10.2. The summed E-state index contributed by atoms with van der Waals surface area (Å²) in [6, 6.07) is 8.20. The second-order valence-corrected chi connectivity index (χ2v) is 8.45.